The zero-order valence-corrected chi connectivity index (χ0v) is 13.5. The molecule has 0 aromatic carbocycles. The lowest BCUT2D eigenvalue weighted by Crippen LogP contribution is -2.39. The van der Waals surface area contributed by atoms with Crippen LogP contribution in [0.3, 0.4) is 0 Å². The normalized spacial score (nSPS) is 27.3. The van der Waals surface area contributed by atoms with Crippen molar-refractivity contribution in [2.45, 2.75) is 49.1 Å². The van der Waals surface area contributed by atoms with Crippen LogP contribution in [0.15, 0.2) is 17.3 Å². The summed E-state index contributed by atoms with van der Waals surface area (Å²) in [7, 11) is -3.52. The van der Waals surface area contributed by atoms with Gasteiger partial charge in [-0.05, 0) is 38.1 Å². The van der Waals surface area contributed by atoms with Gasteiger partial charge in [-0.1, -0.05) is 6.42 Å². The molecule has 1 aliphatic heterocycles. The zero-order chi connectivity index (χ0) is 15.6. The molecule has 2 atom stereocenters. The maximum Gasteiger partial charge on any atom is 0.243 e. The highest BCUT2D eigenvalue weighted by molar-refractivity contribution is 7.89. The Bertz CT molecular complexity index is 595. The van der Waals surface area contributed by atoms with Crippen LogP contribution in [0.4, 0.5) is 0 Å². The molecule has 3 rings (SSSR count). The largest absolute Gasteiger partial charge is 0.381 e. The molecule has 0 amide bonds. The molecule has 3 N–H and O–H groups in total. The van der Waals surface area contributed by atoms with Crippen molar-refractivity contribution >= 4 is 10.0 Å². The molecule has 0 bridgehead atoms. The van der Waals surface area contributed by atoms with Crippen LogP contribution >= 0.6 is 0 Å². The van der Waals surface area contributed by atoms with Crippen molar-refractivity contribution < 1.29 is 13.2 Å². The SMILES string of the molecule is NCC1CCCC1NS(=O)(=O)c1cnn(C2CCOCC2)c1. The number of aromatic nitrogens is 2. The van der Waals surface area contributed by atoms with Gasteiger partial charge >= 0.3 is 0 Å². The third-order valence-corrected chi connectivity index (χ3v) is 6.17. The molecular formula is C14H24N4O3S. The second-order valence-electron chi connectivity index (χ2n) is 6.15. The lowest BCUT2D eigenvalue weighted by molar-refractivity contribution is 0.0662. The first-order valence-corrected chi connectivity index (χ1v) is 9.43. The Labute approximate surface area is 131 Å². The smallest absolute Gasteiger partial charge is 0.243 e. The van der Waals surface area contributed by atoms with E-state index in [1.165, 1.54) is 6.20 Å². The number of ether oxygens (including phenoxy) is 1. The first-order chi connectivity index (χ1) is 10.6. The van der Waals surface area contributed by atoms with E-state index < -0.39 is 10.0 Å². The van der Waals surface area contributed by atoms with E-state index in [0.717, 1.165) is 32.1 Å². The highest BCUT2D eigenvalue weighted by Gasteiger charge is 2.31. The van der Waals surface area contributed by atoms with Crippen molar-refractivity contribution in [2.24, 2.45) is 11.7 Å². The Hall–Kier alpha value is -0.960. The molecule has 124 valence electrons. The number of sulfonamides is 1. The summed E-state index contributed by atoms with van der Waals surface area (Å²) in [6, 6.07) is 0.169. The molecule has 2 aliphatic rings. The van der Waals surface area contributed by atoms with Gasteiger partial charge in [0.05, 0.1) is 12.2 Å². The summed E-state index contributed by atoms with van der Waals surface area (Å²) < 4.78 is 34.9. The van der Waals surface area contributed by atoms with Gasteiger partial charge in [-0.25, -0.2) is 13.1 Å². The second-order valence-corrected chi connectivity index (χ2v) is 7.87. The summed E-state index contributed by atoms with van der Waals surface area (Å²) in [5, 5.41) is 4.24. The summed E-state index contributed by atoms with van der Waals surface area (Å²) in [5.41, 5.74) is 5.72. The zero-order valence-electron chi connectivity index (χ0n) is 12.6. The van der Waals surface area contributed by atoms with Crippen molar-refractivity contribution in [2.75, 3.05) is 19.8 Å². The van der Waals surface area contributed by atoms with E-state index in [0.29, 0.717) is 19.8 Å². The number of nitrogens with zero attached hydrogens (tertiary/aromatic N) is 2. The maximum atomic E-state index is 12.5. The first-order valence-electron chi connectivity index (χ1n) is 7.94. The standard InChI is InChI=1S/C14H24N4O3S/c15-8-11-2-1-3-14(11)17-22(19,20)13-9-16-18(10-13)12-4-6-21-7-5-12/h9-12,14,17H,1-8,15H2. The molecule has 2 unspecified atom stereocenters. The van der Waals surface area contributed by atoms with Gasteiger partial charge in [-0.2, -0.15) is 5.10 Å². The Kier molecular flexibility index (Phi) is 4.82. The van der Waals surface area contributed by atoms with Crippen LogP contribution in [0.25, 0.3) is 0 Å². The number of rotatable bonds is 5. The highest BCUT2D eigenvalue weighted by Crippen LogP contribution is 2.27. The van der Waals surface area contributed by atoms with Crippen LogP contribution in [0.5, 0.6) is 0 Å². The van der Waals surface area contributed by atoms with Crippen LogP contribution in [-0.4, -0.2) is 44.0 Å². The second kappa shape index (κ2) is 6.66. The van der Waals surface area contributed by atoms with E-state index in [4.69, 9.17) is 10.5 Å². The number of hydrogen-bond acceptors (Lipinski definition) is 5. The van der Waals surface area contributed by atoms with Gasteiger partial charge in [-0.3, -0.25) is 4.68 Å². The minimum Gasteiger partial charge on any atom is -0.381 e. The number of hydrogen-bond donors (Lipinski definition) is 2. The van der Waals surface area contributed by atoms with Crippen LogP contribution < -0.4 is 10.5 Å². The van der Waals surface area contributed by atoms with E-state index in [1.54, 1.807) is 10.9 Å². The average Bonchev–Trinajstić information content (AvgIpc) is 3.17. The molecule has 22 heavy (non-hydrogen) atoms. The fraction of sp³-hybridized carbons (Fsp3) is 0.786. The lowest BCUT2D eigenvalue weighted by Gasteiger charge is -2.22. The maximum absolute atomic E-state index is 12.5. The summed E-state index contributed by atoms with van der Waals surface area (Å²) in [6.45, 7) is 1.92. The molecule has 1 aliphatic carbocycles. The van der Waals surface area contributed by atoms with E-state index in [2.05, 4.69) is 9.82 Å². The minimum absolute atomic E-state index is 0.0542. The molecule has 1 aromatic heterocycles. The molecule has 7 nitrogen and oxygen atoms in total. The molecule has 1 aromatic rings. The van der Waals surface area contributed by atoms with Gasteiger partial charge in [-0.15, -0.1) is 0 Å². The number of nitrogens with two attached hydrogens (primary N) is 1. The number of nitrogens with one attached hydrogen (secondary N) is 1. The van der Waals surface area contributed by atoms with Gasteiger partial charge in [0.2, 0.25) is 10.0 Å². The summed E-state index contributed by atoms with van der Waals surface area (Å²) in [4.78, 5) is 0.238. The third kappa shape index (κ3) is 3.34. The average molecular weight is 328 g/mol. The lowest BCUT2D eigenvalue weighted by atomic mass is 10.1. The summed E-state index contributed by atoms with van der Waals surface area (Å²) in [6.07, 6.45) is 7.67. The van der Waals surface area contributed by atoms with Crippen LogP contribution in [0.2, 0.25) is 0 Å². The van der Waals surface area contributed by atoms with Crippen molar-refractivity contribution in [1.82, 2.24) is 14.5 Å². The third-order valence-electron chi connectivity index (χ3n) is 4.72. The molecule has 1 saturated heterocycles. The van der Waals surface area contributed by atoms with E-state index in [1.807, 2.05) is 0 Å². The Morgan fingerprint density at radius 2 is 2.09 bits per heavy atom. The fourth-order valence-electron chi connectivity index (χ4n) is 3.35. The highest BCUT2D eigenvalue weighted by atomic mass is 32.2. The van der Waals surface area contributed by atoms with Crippen molar-refractivity contribution in [3.63, 3.8) is 0 Å². The predicted molar refractivity (Wildman–Crippen MR) is 81.8 cm³/mol. The molecule has 1 saturated carbocycles. The molecule has 2 heterocycles. The quantitative estimate of drug-likeness (QED) is 0.826. The summed E-state index contributed by atoms with van der Waals surface area (Å²) in [5.74, 6) is 0.236. The van der Waals surface area contributed by atoms with E-state index in [9.17, 15) is 8.42 Å². The van der Waals surface area contributed by atoms with Crippen molar-refractivity contribution in [1.29, 1.82) is 0 Å². The molecule has 0 spiro atoms. The molecular weight excluding hydrogens is 304 g/mol. The van der Waals surface area contributed by atoms with Gasteiger partial charge in [0, 0.05) is 25.5 Å². The van der Waals surface area contributed by atoms with Gasteiger partial charge in [0.25, 0.3) is 0 Å². The first kappa shape index (κ1) is 15.9. The molecule has 2 fully saturated rings. The summed E-state index contributed by atoms with van der Waals surface area (Å²) >= 11 is 0. The fourth-order valence-corrected chi connectivity index (χ4v) is 4.63. The van der Waals surface area contributed by atoms with Crippen LogP contribution in [0.1, 0.15) is 38.1 Å². The van der Waals surface area contributed by atoms with Crippen molar-refractivity contribution in [3.8, 4) is 0 Å². The van der Waals surface area contributed by atoms with Gasteiger partial charge < -0.3 is 10.5 Å². The van der Waals surface area contributed by atoms with E-state index in [-0.39, 0.29) is 22.9 Å². The Morgan fingerprint density at radius 3 is 2.82 bits per heavy atom. The predicted octanol–water partition coefficient (Wildman–Crippen LogP) is 0.640. The minimum atomic E-state index is -3.52. The van der Waals surface area contributed by atoms with E-state index >= 15 is 0 Å². The van der Waals surface area contributed by atoms with Gasteiger partial charge in [0.15, 0.2) is 0 Å². The van der Waals surface area contributed by atoms with Gasteiger partial charge in [0.1, 0.15) is 4.90 Å². The van der Waals surface area contributed by atoms with Crippen LogP contribution in [0, 0.1) is 5.92 Å². The monoisotopic (exact) mass is 328 g/mol. The van der Waals surface area contributed by atoms with Crippen LogP contribution in [-0.2, 0) is 14.8 Å². The molecule has 8 heteroatoms. The Balaban J connectivity index is 1.71. The van der Waals surface area contributed by atoms with Crippen molar-refractivity contribution in [3.05, 3.63) is 12.4 Å². The molecule has 0 radical (unpaired) electrons. The Morgan fingerprint density at radius 1 is 1.32 bits per heavy atom. The topological polar surface area (TPSA) is 99.2 Å².